The van der Waals surface area contributed by atoms with E-state index in [9.17, 15) is 24.3 Å². The van der Waals surface area contributed by atoms with Crippen LogP contribution in [0.2, 0.25) is 0 Å². The van der Waals surface area contributed by atoms with E-state index in [1.54, 1.807) is 19.4 Å². The maximum absolute atomic E-state index is 14.0. The lowest BCUT2D eigenvalue weighted by molar-refractivity contribution is -0.145. The number of allylic oxidation sites excluding steroid dienone is 1. The lowest BCUT2D eigenvalue weighted by Crippen LogP contribution is -2.53. The Morgan fingerprint density at radius 1 is 1.06 bits per heavy atom. The van der Waals surface area contributed by atoms with Gasteiger partial charge in [0.15, 0.2) is 0 Å². The Hall–Kier alpha value is -4.35. The molecule has 1 aromatic heterocycles. The first kappa shape index (κ1) is 32.6. The van der Waals surface area contributed by atoms with E-state index in [1.165, 1.54) is 4.90 Å². The molecule has 6 rings (SSSR count). The van der Waals surface area contributed by atoms with Gasteiger partial charge in [-0.2, -0.15) is 0 Å². The SMILES string of the molecule is COc1ccc2c(O[C@@H]3C[C@H]4C(=O)N[C@]5(C(=O)O)C[C@@H]5/C=C\CCCC[C@H](NC(=O)OC5CCCC5)CC(=O)N4C3)ccnc2c1C. The summed E-state index contributed by atoms with van der Waals surface area (Å²) >= 11 is 0. The van der Waals surface area contributed by atoms with Crippen molar-refractivity contribution in [2.75, 3.05) is 13.7 Å². The number of alkyl carbamates (subject to hydrolysis) is 1. The number of amides is 3. The van der Waals surface area contributed by atoms with Crippen molar-refractivity contribution >= 4 is 34.8 Å². The van der Waals surface area contributed by atoms with E-state index in [0.29, 0.717) is 24.3 Å². The molecule has 5 atom stereocenters. The number of carboxylic acids is 1. The smallest absolute Gasteiger partial charge is 0.407 e. The summed E-state index contributed by atoms with van der Waals surface area (Å²) in [6, 6.07) is 4.05. The number of fused-ring (bicyclic) bond motifs is 3. The Labute approximate surface area is 274 Å². The van der Waals surface area contributed by atoms with E-state index in [4.69, 9.17) is 14.2 Å². The van der Waals surface area contributed by atoms with Crippen LogP contribution < -0.4 is 20.1 Å². The zero-order chi connectivity index (χ0) is 33.1. The van der Waals surface area contributed by atoms with Gasteiger partial charge in [0.25, 0.3) is 0 Å². The van der Waals surface area contributed by atoms with Gasteiger partial charge in [-0.15, -0.1) is 0 Å². The number of aliphatic carboxylic acids is 1. The number of benzene rings is 1. The monoisotopic (exact) mass is 648 g/mol. The highest BCUT2D eigenvalue weighted by molar-refractivity contribution is 5.95. The van der Waals surface area contributed by atoms with E-state index in [0.717, 1.165) is 61.4 Å². The Morgan fingerprint density at radius 2 is 1.85 bits per heavy atom. The predicted octanol–water partition coefficient (Wildman–Crippen LogP) is 4.42. The van der Waals surface area contributed by atoms with Crippen LogP contribution in [0.15, 0.2) is 36.5 Å². The number of aryl methyl sites for hydroxylation is 1. The van der Waals surface area contributed by atoms with Crippen molar-refractivity contribution in [1.29, 1.82) is 0 Å². The molecule has 3 amide bonds. The fourth-order valence-corrected chi connectivity index (χ4v) is 7.32. The van der Waals surface area contributed by atoms with Gasteiger partial charge in [-0.05, 0) is 76.5 Å². The zero-order valence-electron chi connectivity index (χ0n) is 27.0. The number of nitrogens with zero attached hydrogens (tertiary/aromatic N) is 2. The molecule has 1 saturated heterocycles. The van der Waals surface area contributed by atoms with E-state index < -0.39 is 41.7 Å². The first-order valence-electron chi connectivity index (χ1n) is 16.8. The van der Waals surface area contributed by atoms with Crippen LogP contribution in [0.1, 0.15) is 76.2 Å². The molecule has 47 heavy (non-hydrogen) atoms. The van der Waals surface area contributed by atoms with E-state index >= 15 is 0 Å². The van der Waals surface area contributed by atoms with Gasteiger partial charge in [0.05, 0.1) is 19.2 Å². The summed E-state index contributed by atoms with van der Waals surface area (Å²) in [4.78, 5) is 59.0. The summed E-state index contributed by atoms with van der Waals surface area (Å²) < 4.78 is 17.5. The molecule has 2 aliphatic carbocycles. The highest BCUT2D eigenvalue weighted by atomic mass is 16.6. The van der Waals surface area contributed by atoms with E-state index in [2.05, 4.69) is 15.6 Å². The number of pyridine rings is 1. The molecule has 3 heterocycles. The van der Waals surface area contributed by atoms with Crippen LogP contribution >= 0.6 is 0 Å². The van der Waals surface area contributed by atoms with Crippen molar-refractivity contribution in [3.63, 3.8) is 0 Å². The summed E-state index contributed by atoms with van der Waals surface area (Å²) in [5.41, 5.74) is 0.187. The molecule has 0 bridgehead atoms. The number of carbonyl (C=O) groups excluding carboxylic acids is 3. The molecule has 0 unspecified atom stereocenters. The number of methoxy groups -OCH3 is 1. The standard InChI is InChI=1S/C35H44N4O8/c1-21-28(45-2)14-13-26-29(15-16-36-31(21)26)46-25-18-27-32(41)38-35(33(42)43)19-22(35)9-5-3-4-6-10-23(17-30(40)39(27)20-25)37-34(44)47-24-11-7-8-12-24/h5,9,13-16,22-25,27H,3-4,6-8,10-12,17-20H2,1-2H3,(H,37,44)(H,38,41)(H,42,43)/b9-5-/t22-,23-,25+,27-,35+/m0/s1. The number of aromatic nitrogens is 1. The molecule has 0 spiro atoms. The molecule has 252 valence electrons. The molecular formula is C35H44N4O8. The first-order chi connectivity index (χ1) is 22.7. The minimum absolute atomic E-state index is 0.0179. The predicted molar refractivity (Wildman–Crippen MR) is 172 cm³/mol. The molecule has 2 aromatic rings. The Balaban J connectivity index is 1.24. The van der Waals surface area contributed by atoms with Crippen LogP contribution in [0.4, 0.5) is 4.79 Å². The Morgan fingerprint density at radius 3 is 2.62 bits per heavy atom. The topological polar surface area (TPSA) is 156 Å². The average molecular weight is 649 g/mol. The second-order valence-corrected chi connectivity index (χ2v) is 13.3. The van der Waals surface area contributed by atoms with Crippen LogP contribution in [-0.2, 0) is 19.1 Å². The summed E-state index contributed by atoms with van der Waals surface area (Å²) in [6.45, 7) is 2.04. The van der Waals surface area contributed by atoms with Gasteiger partial charge >= 0.3 is 12.1 Å². The van der Waals surface area contributed by atoms with E-state index in [1.807, 2.05) is 31.2 Å². The summed E-state index contributed by atoms with van der Waals surface area (Å²) in [7, 11) is 1.60. The van der Waals surface area contributed by atoms with Gasteiger partial charge in [0.2, 0.25) is 11.8 Å². The van der Waals surface area contributed by atoms with Crippen LogP contribution in [0.25, 0.3) is 10.9 Å². The first-order valence-corrected chi connectivity index (χ1v) is 16.8. The molecule has 4 aliphatic rings. The molecule has 3 N–H and O–H groups in total. The largest absolute Gasteiger partial charge is 0.496 e. The number of ether oxygens (including phenoxy) is 3. The molecular weight excluding hydrogens is 604 g/mol. The number of nitrogens with one attached hydrogen (secondary N) is 2. The Bertz CT molecular complexity index is 1560. The molecule has 3 fully saturated rings. The number of hydrogen-bond donors (Lipinski definition) is 3. The number of carboxylic acid groups (broad SMARTS) is 1. The molecule has 12 heteroatoms. The van der Waals surface area contributed by atoms with Crippen molar-refractivity contribution in [2.45, 2.75) is 107 Å². The van der Waals surface area contributed by atoms with Gasteiger partial charge < -0.3 is 34.9 Å². The van der Waals surface area contributed by atoms with Gasteiger partial charge in [0, 0.05) is 41.9 Å². The van der Waals surface area contributed by atoms with Gasteiger partial charge in [-0.3, -0.25) is 14.6 Å². The average Bonchev–Trinajstić information content (AvgIpc) is 3.32. The van der Waals surface area contributed by atoms with Crippen LogP contribution in [0.3, 0.4) is 0 Å². The van der Waals surface area contributed by atoms with Gasteiger partial charge in [-0.25, -0.2) is 9.59 Å². The quantitative estimate of drug-likeness (QED) is 0.386. The number of rotatable bonds is 6. The minimum atomic E-state index is -1.40. The summed E-state index contributed by atoms with van der Waals surface area (Å²) in [5.74, 6) is -0.991. The van der Waals surface area contributed by atoms with Gasteiger partial charge in [-0.1, -0.05) is 18.6 Å². The highest BCUT2D eigenvalue weighted by Crippen LogP contribution is 2.45. The normalized spacial score (nSPS) is 29.1. The van der Waals surface area contributed by atoms with Crippen molar-refractivity contribution in [3.8, 4) is 11.5 Å². The lowest BCUT2D eigenvalue weighted by atomic mass is 10.0. The number of hydrogen-bond acceptors (Lipinski definition) is 8. The fourth-order valence-electron chi connectivity index (χ4n) is 7.32. The molecule has 12 nitrogen and oxygen atoms in total. The third kappa shape index (κ3) is 7.01. The highest BCUT2D eigenvalue weighted by Gasteiger charge is 2.61. The van der Waals surface area contributed by atoms with Crippen LogP contribution in [-0.4, -0.2) is 82.4 Å². The fraction of sp³-hybridized carbons (Fsp3) is 0.571. The van der Waals surface area contributed by atoms with Crippen molar-refractivity contribution in [3.05, 3.63) is 42.1 Å². The van der Waals surface area contributed by atoms with E-state index in [-0.39, 0.29) is 37.3 Å². The zero-order valence-corrected chi connectivity index (χ0v) is 27.0. The second kappa shape index (κ2) is 13.8. The van der Waals surface area contributed by atoms with Crippen molar-refractivity contribution in [2.24, 2.45) is 5.92 Å². The van der Waals surface area contributed by atoms with Crippen LogP contribution in [0.5, 0.6) is 11.5 Å². The lowest BCUT2D eigenvalue weighted by Gasteiger charge is -2.27. The molecule has 1 aromatic carbocycles. The maximum Gasteiger partial charge on any atom is 0.407 e. The Kier molecular flexibility index (Phi) is 9.56. The molecule has 2 aliphatic heterocycles. The summed E-state index contributed by atoms with van der Waals surface area (Å²) in [6.07, 6.45) is 11.4. The van der Waals surface area contributed by atoms with Crippen molar-refractivity contribution < 1.29 is 38.5 Å². The molecule has 2 saturated carbocycles. The number of carbonyl (C=O) groups is 4. The maximum atomic E-state index is 14.0. The third-order valence-corrected chi connectivity index (χ3v) is 10.1. The van der Waals surface area contributed by atoms with Crippen LogP contribution in [0, 0.1) is 12.8 Å². The summed E-state index contributed by atoms with van der Waals surface area (Å²) in [5, 5.41) is 16.6. The molecule has 0 radical (unpaired) electrons. The second-order valence-electron chi connectivity index (χ2n) is 13.3. The minimum Gasteiger partial charge on any atom is -0.496 e. The van der Waals surface area contributed by atoms with Crippen molar-refractivity contribution in [1.82, 2.24) is 20.5 Å². The third-order valence-electron chi connectivity index (χ3n) is 10.1. The van der Waals surface area contributed by atoms with Gasteiger partial charge in [0.1, 0.15) is 35.3 Å².